The highest BCUT2D eigenvalue weighted by molar-refractivity contribution is 7.13. The number of aryl methyl sites for hydroxylation is 1. The van der Waals surface area contributed by atoms with Gasteiger partial charge in [-0.1, -0.05) is 38.1 Å². The zero-order valence-electron chi connectivity index (χ0n) is 16.7. The molecule has 4 rings (SSSR count). The van der Waals surface area contributed by atoms with E-state index in [1.165, 1.54) is 16.0 Å². The summed E-state index contributed by atoms with van der Waals surface area (Å²) < 4.78 is 7.80. The number of benzene rings is 2. The topological polar surface area (TPSA) is 65.7 Å². The molecule has 6 nitrogen and oxygen atoms in total. The molecule has 2 aromatic heterocycles. The molecule has 0 saturated heterocycles. The van der Waals surface area contributed by atoms with E-state index < -0.39 is 0 Å². The van der Waals surface area contributed by atoms with E-state index in [1.54, 1.807) is 22.3 Å². The molecule has 0 aliphatic rings. The van der Waals surface area contributed by atoms with E-state index in [0.717, 1.165) is 29.1 Å². The monoisotopic (exact) mass is 405 g/mol. The minimum atomic E-state index is 0.393. The Morgan fingerprint density at radius 3 is 2.79 bits per heavy atom. The van der Waals surface area contributed by atoms with Gasteiger partial charge in [0.25, 0.3) is 0 Å². The predicted molar refractivity (Wildman–Crippen MR) is 115 cm³/mol. The summed E-state index contributed by atoms with van der Waals surface area (Å²) in [6, 6.07) is 14.5. The molecule has 2 heterocycles. The number of nitrogens with zero attached hydrogens (tertiary/aromatic N) is 5. The molecular formula is C22H23N5OS. The maximum absolute atomic E-state index is 6.13. The minimum Gasteiger partial charge on any atom is -0.493 e. The summed E-state index contributed by atoms with van der Waals surface area (Å²) in [6.45, 7) is 7.02. The number of aromatic nitrogens is 5. The van der Waals surface area contributed by atoms with E-state index in [-0.39, 0.29) is 0 Å². The molecule has 0 fully saturated rings. The Bertz CT molecular complexity index is 1090. The molecule has 148 valence electrons. The van der Waals surface area contributed by atoms with Crippen LogP contribution in [0, 0.1) is 6.92 Å². The zero-order chi connectivity index (χ0) is 20.2. The van der Waals surface area contributed by atoms with Crippen LogP contribution in [0.2, 0.25) is 0 Å². The van der Waals surface area contributed by atoms with Crippen LogP contribution in [0.15, 0.2) is 54.3 Å². The maximum Gasteiger partial charge on any atom is 0.143 e. The number of para-hydroxylation sites is 1. The lowest BCUT2D eigenvalue weighted by atomic mass is 10.0. The molecule has 0 unspecified atom stereocenters. The van der Waals surface area contributed by atoms with Gasteiger partial charge in [0.1, 0.15) is 12.1 Å². The highest BCUT2D eigenvalue weighted by Crippen LogP contribution is 2.34. The van der Waals surface area contributed by atoms with Gasteiger partial charge < -0.3 is 4.74 Å². The van der Waals surface area contributed by atoms with Crippen molar-refractivity contribution in [3.8, 4) is 21.9 Å². The molecule has 0 spiro atoms. The normalized spacial score (nSPS) is 11.2. The van der Waals surface area contributed by atoms with Gasteiger partial charge in [0.15, 0.2) is 0 Å². The lowest BCUT2D eigenvalue weighted by Crippen LogP contribution is -2.06. The van der Waals surface area contributed by atoms with Crippen LogP contribution in [0.1, 0.15) is 36.6 Å². The van der Waals surface area contributed by atoms with Crippen LogP contribution in [-0.2, 0) is 6.42 Å². The molecule has 0 bridgehead atoms. The summed E-state index contributed by atoms with van der Waals surface area (Å²) in [5, 5.41) is 11.5. The van der Waals surface area contributed by atoms with Crippen molar-refractivity contribution in [1.82, 2.24) is 25.2 Å². The SMILES string of the molecule is Cc1cc(OCCc2ccccc2-n2cnnn2)cc(-c2scnc2C(C)C)c1. The fourth-order valence-electron chi connectivity index (χ4n) is 3.34. The second-order valence-electron chi connectivity index (χ2n) is 7.24. The van der Waals surface area contributed by atoms with Gasteiger partial charge in [-0.2, -0.15) is 0 Å². The Morgan fingerprint density at radius 2 is 2.00 bits per heavy atom. The van der Waals surface area contributed by atoms with Gasteiger partial charge in [-0.25, -0.2) is 9.67 Å². The first-order chi connectivity index (χ1) is 14.1. The lowest BCUT2D eigenvalue weighted by Gasteiger charge is -2.12. The predicted octanol–water partition coefficient (Wildman–Crippen LogP) is 4.84. The average Bonchev–Trinajstić information content (AvgIpc) is 3.40. The molecule has 0 radical (unpaired) electrons. The van der Waals surface area contributed by atoms with E-state index in [0.29, 0.717) is 12.5 Å². The molecule has 0 amide bonds. The molecule has 0 aliphatic heterocycles. The van der Waals surface area contributed by atoms with Crippen molar-refractivity contribution in [3.63, 3.8) is 0 Å². The summed E-state index contributed by atoms with van der Waals surface area (Å²) in [5.41, 5.74) is 7.51. The maximum atomic E-state index is 6.13. The molecule has 4 aromatic rings. The Balaban J connectivity index is 1.50. The van der Waals surface area contributed by atoms with E-state index in [1.807, 2.05) is 23.7 Å². The van der Waals surface area contributed by atoms with Crippen LogP contribution in [0.3, 0.4) is 0 Å². The summed E-state index contributed by atoms with van der Waals surface area (Å²) in [5.74, 6) is 1.27. The van der Waals surface area contributed by atoms with Gasteiger partial charge in [-0.15, -0.1) is 16.4 Å². The standard InChI is InChI=1S/C22H23N5OS/c1-15(2)21-22(29-14-23-21)18-10-16(3)11-19(12-18)28-9-8-17-6-4-5-7-20(17)27-13-24-25-26-27/h4-7,10-15H,8-9H2,1-3H3. The number of rotatable bonds is 7. The molecular weight excluding hydrogens is 382 g/mol. The third-order valence-electron chi connectivity index (χ3n) is 4.68. The van der Waals surface area contributed by atoms with Gasteiger partial charge >= 0.3 is 0 Å². The second-order valence-corrected chi connectivity index (χ2v) is 8.09. The minimum absolute atomic E-state index is 0.393. The first kappa shape index (κ1) is 19.3. The average molecular weight is 406 g/mol. The molecule has 0 atom stereocenters. The van der Waals surface area contributed by atoms with Crippen LogP contribution in [0.4, 0.5) is 0 Å². The molecule has 7 heteroatoms. The van der Waals surface area contributed by atoms with Crippen molar-refractivity contribution in [1.29, 1.82) is 0 Å². The Kier molecular flexibility index (Phi) is 5.67. The van der Waals surface area contributed by atoms with Crippen LogP contribution >= 0.6 is 11.3 Å². The van der Waals surface area contributed by atoms with Crippen molar-refractivity contribution < 1.29 is 4.74 Å². The second kappa shape index (κ2) is 8.53. The van der Waals surface area contributed by atoms with Gasteiger partial charge in [0.2, 0.25) is 0 Å². The van der Waals surface area contributed by atoms with Gasteiger partial charge in [0.05, 0.1) is 28.4 Å². The van der Waals surface area contributed by atoms with E-state index in [4.69, 9.17) is 4.74 Å². The van der Waals surface area contributed by atoms with Crippen LogP contribution < -0.4 is 4.74 Å². The van der Waals surface area contributed by atoms with Crippen molar-refractivity contribution in [2.24, 2.45) is 0 Å². The van der Waals surface area contributed by atoms with Gasteiger partial charge in [0, 0.05) is 6.42 Å². The first-order valence-corrected chi connectivity index (χ1v) is 10.5. The quantitative estimate of drug-likeness (QED) is 0.440. The van der Waals surface area contributed by atoms with Gasteiger partial charge in [-0.3, -0.25) is 0 Å². The van der Waals surface area contributed by atoms with Gasteiger partial charge in [-0.05, 0) is 58.2 Å². The Labute approximate surface area is 174 Å². The highest BCUT2D eigenvalue weighted by atomic mass is 32.1. The fourth-order valence-corrected chi connectivity index (χ4v) is 4.28. The Hall–Kier alpha value is -3.06. The number of tetrazole rings is 1. The highest BCUT2D eigenvalue weighted by Gasteiger charge is 2.13. The van der Waals surface area contributed by atoms with Crippen LogP contribution in [-0.4, -0.2) is 31.8 Å². The number of hydrogen-bond acceptors (Lipinski definition) is 6. The lowest BCUT2D eigenvalue weighted by molar-refractivity contribution is 0.321. The summed E-state index contributed by atoms with van der Waals surface area (Å²) >= 11 is 1.68. The van der Waals surface area contributed by atoms with Crippen molar-refractivity contribution in [3.05, 3.63) is 71.1 Å². The summed E-state index contributed by atoms with van der Waals surface area (Å²) in [6.07, 6.45) is 2.37. The number of thiazole rings is 1. The summed E-state index contributed by atoms with van der Waals surface area (Å²) in [4.78, 5) is 5.77. The summed E-state index contributed by atoms with van der Waals surface area (Å²) in [7, 11) is 0. The van der Waals surface area contributed by atoms with E-state index in [2.05, 4.69) is 65.5 Å². The smallest absolute Gasteiger partial charge is 0.143 e. The van der Waals surface area contributed by atoms with Crippen molar-refractivity contribution >= 4 is 11.3 Å². The fraction of sp³-hybridized carbons (Fsp3) is 0.273. The van der Waals surface area contributed by atoms with Crippen LogP contribution in [0.25, 0.3) is 16.1 Å². The molecule has 0 N–H and O–H groups in total. The first-order valence-electron chi connectivity index (χ1n) is 9.61. The number of hydrogen-bond donors (Lipinski definition) is 0. The zero-order valence-corrected chi connectivity index (χ0v) is 17.6. The molecule has 0 aliphatic carbocycles. The van der Waals surface area contributed by atoms with E-state index >= 15 is 0 Å². The van der Waals surface area contributed by atoms with E-state index in [9.17, 15) is 0 Å². The third kappa shape index (κ3) is 4.35. The van der Waals surface area contributed by atoms with Crippen molar-refractivity contribution in [2.45, 2.75) is 33.1 Å². The van der Waals surface area contributed by atoms with Crippen LogP contribution in [0.5, 0.6) is 5.75 Å². The number of ether oxygens (including phenoxy) is 1. The third-order valence-corrected chi connectivity index (χ3v) is 5.57. The largest absolute Gasteiger partial charge is 0.493 e. The van der Waals surface area contributed by atoms with Crippen molar-refractivity contribution in [2.75, 3.05) is 6.61 Å². The Morgan fingerprint density at radius 1 is 1.14 bits per heavy atom. The molecule has 0 saturated carbocycles. The molecule has 2 aromatic carbocycles. The molecule has 29 heavy (non-hydrogen) atoms.